The van der Waals surface area contributed by atoms with Gasteiger partial charge >= 0.3 is 0 Å². The average molecular weight is 479 g/mol. The van der Waals surface area contributed by atoms with Gasteiger partial charge < -0.3 is 5.32 Å². The number of anilines is 1. The molecule has 3 aromatic carbocycles. The number of rotatable bonds is 8. The molecule has 1 N–H and O–H groups in total. The van der Waals surface area contributed by atoms with Gasteiger partial charge in [-0.05, 0) is 85.7 Å². The number of aryl methyl sites for hydroxylation is 3. The van der Waals surface area contributed by atoms with Crippen molar-refractivity contribution in [1.29, 1.82) is 0 Å². The summed E-state index contributed by atoms with van der Waals surface area (Å²) >= 11 is 0. The number of nitrogens with one attached hydrogen (secondary N) is 1. The maximum atomic E-state index is 13.5. The van der Waals surface area contributed by atoms with Crippen LogP contribution in [0.5, 0.6) is 0 Å². The van der Waals surface area contributed by atoms with Crippen LogP contribution in [0.25, 0.3) is 0 Å². The average Bonchev–Trinajstić information content (AvgIpc) is 2.80. The molecular weight excluding hydrogens is 444 g/mol. The molecule has 0 unspecified atom stereocenters. The van der Waals surface area contributed by atoms with Crippen molar-refractivity contribution in [2.75, 3.05) is 10.8 Å². The molecule has 0 fully saturated rings. The summed E-state index contributed by atoms with van der Waals surface area (Å²) in [6.45, 7) is 11.9. The summed E-state index contributed by atoms with van der Waals surface area (Å²) in [7, 11) is -3.93. The van der Waals surface area contributed by atoms with E-state index in [0.29, 0.717) is 11.6 Å². The molecule has 0 heterocycles. The van der Waals surface area contributed by atoms with E-state index in [2.05, 4.69) is 38.2 Å². The summed E-state index contributed by atoms with van der Waals surface area (Å²) in [5.74, 6) is -0.0452. The summed E-state index contributed by atoms with van der Waals surface area (Å²) < 4.78 is 28.2. The smallest absolute Gasteiger partial charge is 0.264 e. The van der Waals surface area contributed by atoms with Gasteiger partial charge in [-0.3, -0.25) is 9.10 Å². The second kappa shape index (κ2) is 10.4. The first-order valence-electron chi connectivity index (χ1n) is 11.6. The largest absolute Gasteiger partial charge is 0.348 e. The lowest BCUT2D eigenvalue weighted by Crippen LogP contribution is -2.41. The zero-order chi connectivity index (χ0) is 25.0. The van der Waals surface area contributed by atoms with Crippen molar-refractivity contribution in [3.05, 3.63) is 94.5 Å². The molecule has 0 aliphatic heterocycles. The molecule has 0 bridgehead atoms. The Morgan fingerprint density at radius 2 is 1.44 bits per heavy atom. The van der Waals surface area contributed by atoms with E-state index < -0.39 is 10.0 Å². The monoisotopic (exact) mass is 478 g/mol. The number of hydrogen-bond donors (Lipinski definition) is 1. The summed E-state index contributed by atoms with van der Waals surface area (Å²) in [6.07, 6.45) is 0. The van der Waals surface area contributed by atoms with Crippen LogP contribution in [-0.2, 0) is 14.8 Å². The second-order valence-corrected chi connectivity index (χ2v) is 11.0. The third-order valence-electron chi connectivity index (χ3n) is 6.19. The highest BCUT2D eigenvalue weighted by Crippen LogP contribution is 2.26. The van der Waals surface area contributed by atoms with Crippen LogP contribution in [0.4, 0.5) is 5.69 Å². The summed E-state index contributed by atoms with van der Waals surface area (Å²) in [5.41, 5.74) is 6.02. The van der Waals surface area contributed by atoms with E-state index in [0.717, 1.165) is 22.3 Å². The van der Waals surface area contributed by atoms with Gasteiger partial charge in [-0.1, -0.05) is 56.3 Å². The first-order chi connectivity index (χ1) is 16.0. The Bertz CT molecular complexity index is 1250. The molecule has 34 heavy (non-hydrogen) atoms. The number of sulfonamides is 1. The molecule has 180 valence electrons. The molecule has 0 saturated heterocycles. The van der Waals surface area contributed by atoms with Crippen LogP contribution in [0, 0.1) is 20.8 Å². The van der Waals surface area contributed by atoms with Gasteiger partial charge in [-0.2, -0.15) is 0 Å². The van der Waals surface area contributed by atoms with Crippen LogP contribution in [-0.4, -0.2) is 20.9 Å². The van der Waals surface area contributed by atoms with Crippen molar-refractivity contribution in [3.63, 3.8) is 0 Å². The molecule has 0 aliphatic carbocycles. The topological polar surface area (TPSA) is 66.5 Å². The lowest BCUT2D eigenvalue weighted by Gasteiger charge is -2.26. The minimum Gasteiger partial charge on any atom is -0.348 e. The van der Waals surface area contributed by atoms with Crippen LogP contribution in [0.1, 0.15) is 60.5 Å². The molecular formula is C28H34N2O3S. The molecule has 1 amide bonds. The lowest BCUT2D eigenvalue weighted by atomic mass is 9.96. The molecule has 6 heteroatoms. The third-order valence-corrected chi connectivity index (χ3v) is 7.98. The fraction of sp³-hybridized carbons (Fsp3) is 0.321. The predicted octanol–water partition coefficient (Wildman–Crippen LogP) is 5.81. The Morgan fingerprint density at radius 3 is 2.03 bits per heavy atom. The quantitative estimate of drug-likeness (QED) is 0.444. The van der Waals surface area contributed by atoms with E-state index in [1.165, 1.54) is 9.87 Å². The molecule has 3 aromatic rings. The van der Waals surface area contributed by atoms with E-state index in [4.69, 9.17) is 0 Å². The fourth-order valence-electron chi connectivity index (χ4n) is 4.00. The molecule has 3 rings (SSSR count). The van der Waals surface area contributed by atoms with Crippen molar-refractivity contribution in [1.82, 2.24) is 5.32 Å². The van der Waals surface area contributed by atoms with E-state index in [1.54, 1.807) is 42.5 Å². The molecule has 0 saturated carbocycles. The Hall–Kier alpha value is -3.12. The summed E-state index contributed by atoms with van der Waals surface area (Å²) in [6, 6.07) is 19.5. The van der Waals surface area contributed by atoms with Crippen molar-refractivity contribution >= 4 is 21.6 Å². The van der Waals surface area contributed by atoms with Gasteiger partial charge in [0.25, 0.3) is 10.0 Å². The molecule has 0 radical (unpaired) electrons. The maximum Gasteiger partial charge on any atom is 0.264 e. The number of carbonyl (C=O) groups is 1. The minimum absolute atomic E-state index is 0.147. The Labute approximate surface area is 203 Å². The normalized spacial score (nSPS) is 12.4. The van der Waals surface area contributed by atoms with Gasteiger partial charge in [0.2, 0.25) is 5.91 Å². The number of benzene rings is 3. The highest BCUT2D eigenvalue weighted by Gasteiger charge is 2.28. The molecule has 0 spiro atoms. The van der Waals surface area contributed by atoms with Gasteiger partial charge in [0.1, 0.15) is 6.54 Å². The van der Waals surface area contributed by atoms with E-state index >= 15 is 0 Å². The Morgan fingerprint density at radius 1 is 0.853 bits per heavy atom. The molecule has 5 nitrogen and oxygen atoms in total. The SMILES string of the molecule is Cc1cc(C)c([C@@H](C)NC(=O)CN(c2ccc(C(C)C)cc2)S(=O)(=O)c2ccccc2)cc1C. The van der Waals surface area contributed by atoms with E-state index in [9.17, 15) is 13.2 Å². The Balaban J connectivity index is 1.91. The van der Waals surface area contributed by atoms with Crippen LogP contribution in [0.3, 0.4) is 0 Å². The zero-order valence-corrected chi connectivity index (χ0v) is 21.6. The molecule has 0 aliphatic rings. The van der Waals surface area contributed by atoms with Crippen molar-refractivity contribution < 1.29 is 13.2 Å². The number of carbonyl (C=O) groups excluding carboxylic acids is 1. The van der Waals surface area contributed by atoms with Gasteiger partial charge in [0.15, 0.2) is 0 Å². The van der Waals surface area contributed by atoms with Crippen molar-refractivity contribution in [3.8, 4) is 0 Å². The van der Waals surface area contributed by atoms with Gasteiger partial charge in [0, 0.05) is 0 Å². The second-order valence-electron chi connectivity index (χ2n) is 9.15. The minimum atomic E-state index is -3.93. The van der Waals surface area contributed by atoms with Crippen molar-refractivity contribution in [2.45, 2.75) is 58.4 Å². The lowest BCUT2D eigenvalue weighted by molar-refractivity contribution is -0.120. The van der Waals surface area contributed by atoms with Crippen molar-refractivity contribution in [2.24, 2.45) is 0 Å². The van der Waals surface area contributed by atoms with Crippen LogP contribution >= 0.6 is 0 Å². The number of nitrogens with zero attached hydrogens (tertiary/aromatic N) is 1. The van der Waals surface area contributed by atoms with Crippen LogP contribution < -0.4 is 9.62 Å². The zero-order valence-electron chi connectivity index (χ0n) is 20.8. The first kappa shape index (κ1) is 25.5. The number of hydrogen-bond acceptors (Lipinski definition) is 3. The maximum absolute atomic E-state index is 13.5. The fourth-order valence-corrected chi connectivity index (χ4v) is 5.45. The standard InChI is InChI=1S/C28H34N2O3S/c1-19(2)24-12-14-25(15-13-24)30(34(32,33)26-10-8-7-9-11-26)18-28(31)29-23(6)27-17-21(4)20(3)16-22(27)5/h7-17,19,23H,18H2,1-6H3,(H,29,31)/t23-/m1/s1. The highest BCUT2D eigenvalue weighted by atomic mass is 32.2. The van der Waals surface area contributed by atoms with E-state index in [1.807, 2.05) is 32.9 Å². The summed E-state index contributed by atoms with van der Waals surface area (Å²) in [5, 5.41) is 2.99. The van der Waals surface area contributed by atoms with Gasteiger partial charge in [-0.15, -0.1) is 0 Å². The van der Waals surface area contributed by atoms with Gasteiger partial charge in [-0.25, -0.2) is 8.42 Å². The predicted molar refractivity (Wildman–Crippen MR) is 139 cm³/mol. The number of amides is 1. The Kier molecular flexibility index (Phi) is 7.82. The van der Waals surface area contributed by atoms with Crippen LogP contribution in [0.15, 0.2) is 71.6 Å². The molecule has 1 atom stereocenters. The third kappa shape index (κ3) is 5.68. The highest BCUT2D eigenvalue weighted by molar-refractivity contribution is 7.92. The molecule has 0 aromatic heterocycles. The first-order valence-corrected chi connectivity index (χ1v) is 13.0. The van der Waals surface area contributed by atoms with Gasteiger partial charge in [0.05, 0.1) is 16.6 Å². The summed E-state index contributed by atoms with van der Waals surface area (Å²) in [4.78, 5) is 13.3. The van der Waals surface area contributed by atoms with E-state index in [-0.39, 0.29) is 23.4 Å². The van der Waals surface area contributed by atoms with Crippen LogP contribution in [0.2, 0.25) is 0 Å².